The monoisotopic (exact) mass is 217 g/mol. The molecule has 1 heterocycles. The van der Waals surface area contributed by atoms with Crippen LogP contribution in [0.4, 0.5) is 0 Å². The van der Waals surface area contributed by atoms with Gasteiger partial charge in [0.1, 0.15) is 0 Å². The minimum atomic E-state index is -0.418. The standard InChI is InChI=1S/C8H12BrNO/c1-8(2,9)7(11)10-5-3-4-6-10/h3-4H,5-6H2,1-2H3. The second-order valence-corrected chi connectivity index (χ2v) is 5.14. The SMILES string of the molecule is CC(C)(Br)C(=O)N1CC=CC1. The van der Waals surface area contributed by atoms with E-state index in [4.69, 9.17) is 0 Å². The average Bonchev–Trinajstić information content (AvgIpc) is 2.34. The van der Waals surface area contributed by atoms with E-state index >= 15 is 0 Å². The molecule has 0 radical (unpaired) electrons. The van der Waals surface area contributed by atoms with E-state index in [9.17, 15) is 4.79 Å². The molecule has 0 fully saturated rings. The molecule has 0 atom stereocenters. The van der Waals surface area contributed by atoms with Gasteiger partial charge in [0.25, 0.3) is 0 Å². The van der Waals surface area contributed by atoms with Gasteiger partial charge in [-0.15, -0.1) is 0 Å². The Morgan fingerprint density at radius 1 is 1.45 bits per heavy atom. The predicted molar refractivity (Wildman–Crippen MR) is 48.7 cm³/mol. The Kier molecular flexibility index (Phi) is 2.37. The van der Waals surface area contributed by atoms with Crippen molar-refractivity contribution in [2.45, 2.75) is 18.2 Å². The van der Waals surface area contributed by atoms with E-state index in [1.165, 1.54) is 0 Å². The van der Waals surface area contributed by atoms with Gasteiger partial charge >= 0.3 is 0 Å². The lowest BCUT2D eigenvalue weighted by molar-refractivity contribution is -0.131. The van der Waals surface area contributed by atoms with Crippen LogP contribution < -0.4 is 0 Å². The molecule has 3 heteroatoms. The Balaban J connectivity index is 2.55. The van der Waals surface area contributed by atoms with Gasteiger partial charge in [-0.1, -0.05) is 28.1 Å². The third kappa shape index (κ3) is 2.06. The van der Waals surface area contributed by atoms with E-state index in [1.54, 1.807) is 0 Å². The summed E-state index contributed by atoms with van der Waals surface area (Å²) in [5, 5.41) is 0. The number of rotatable bonds is 1. The van der Waals surface area contributed by atoms with Crippen molar-refractivity contribution < 1.29 is 4.79 Å². The van der Waals surface area contributed by atoms with E-state index in [0.29, 0.717) is 0 Å². The van der Waals surface area contributed by atoms with Crippen LogP contribution in [0.2, 0.25) is 0 Å². The molecule has 0 bridgehead atoms. The summed E-state index contributed by atoms with van der Waals surface area (Å²) < 4.78 is -0.418. The van der Waals surface area contributed by atoms with Crippen molar-refractivity contribution >= 4 is 21.8 Å². The average molecular weight is 218 g/mol. The molecular weight excluding hydrogens is 206 g/mol. The van der Waals surface area contributed by atoms with Crippen molar-refractivity contribution in [3.63, 3.8) is 0 Å². The Morgan fingerprint density at radius 2 is 1.91 bits per heavy atom. The Labute approximate surface area is 75.4 Å². The van der Waals surface area contributed by atoms with Gasteiger partial charge in [-0.3, -0.25) is 4.79 Å². The van der Waals surface area contributed by atoms with Gasteiger partial charge in [0.2, 0.25) is 5.91 Å². The lowest BCUT2D eigenvalue weighted by atomic mass is 10.2. The highest BCUT2D eigenvalue weighted by Crippen LogP contribution is 2.20. The molecule has 1 aliphatic rings. The second kappa shape index (κ2) is 2.97. The smallest absolute Gasteiger partial charge is 0.239 e. The molecule has 0 saturated heterocycles. The summed E-state index contributed by atoms with van der Waals surface area (Å²) in [4.78, 5) is 13.3. The number of carbonyl (C=O) groups excluding carboxylic acids is 1. The minimum absolute atomic E-state index is 0.155. The van der Waals surface area contributed by atoms with Gasteiger partial charge in [0, 0.05) is 13.1 Å². The van der Waals surface area contributed by atoms with Crippen LogP contribution in [-0.2, 0) is 4.79 Å². The molecule has 0 N–H and O–H groups in total. The van der Waals surface area contributed by atoms with Gasteiger partial charge < -0.3 is 4.90 Å². The fourth-order valence-electron chi connectivity index (χ4n) is 1.02. The van der Waals surface area contributed by atoms with Crippen LogP contribution in [0.25, 0.3) is 0 Å². The van der Waals surface area contributed by atoms with E-state index in [-0.39, 0.29) is 5.91 Å². The fourth-order valence-corrected chi connectivity index (χ4v) is 1.27. The van der Waals surface area contributed by atoms with E-state index < -0.39 is 4.32 Å². The Bertz CT molecular complexity index is 185. The summed E-state index contributed by atoms with van der Waals surface area (Å²) in [5.74, 6) is 0.155. The molecule has 1 aliphatic heterocycles. The number of hydrogen-bond donors (Lipinski definition) is 0. The van der Waals surface area contributed by atoms with Crippen LogP contribution >= 0.6 is 15.9 Å². The number of nitrogens with zero attached hydrogens (tertiary/aromatic N) is 1. The maximum Gasteiger partial charge on any atom is 0.239 e. The van der Waals surface area contributed by atoms with Crippen molar-refractivity contribution in [1.29, 1.82) is 0 Å². The Morgan fingerprint density at radius 3 is 2.27 bits per heavy atom. The number of carbonyl (C=O) groups is 1. The molecule has 0 aromatic rings. The van der Waals surface area contributed by atoms with Crippen LogP contribution in [0.3, 0.4) is 0 Å². The number of halogens is 1. The van der Waals surface area contributed by atoms with Crippen molar-refractivity contribution in [2.75, 3.05) is 13.1 Å². The van der Waals surface area contributed by atoms with Crippen LogP contribution in [0, 0.1) is 0 Å². The second-order valence-electron chi connectivity index (χ2n) is 3.15. The maximum absolute atomic E-state index is 11.5. The maximum atomic E-state index is 11.5. The molecule has 11 heavy (non-hydrogen) atoms. The fraction of sp³-hybridized carbons (Fsp3) is 0.625. The van der Waals surface area contributed by atoms with Crippen LogP contribution in [0.15, 0.2) is 12.2 Å². The van der Waals surface area contributed by atoms with Crippen molar-refractivity contribution in [1.82, 2.24) is 4.90 Å². The highest BCUT2D eigenvalue weighted by molar-refractivity contribution is 9.10. The molecule has 0 aromatic carbocycles. The Hall–Kier alpha value is -0.310. The largest absolute Gasteiger partial charge is 0.334 e. The molecule has 0 spiro atoms. The highest BCUT2D eigenvalue weighted by Gasteiger charge is 2.28. The quantitative estimate of drug-likeness (QED) is 0.483. The molecule has 0 unspecified atom stereocenters. The summed E-state index contributed by atoms with van der Waals surface area (Å²) >= 11 is 3.33. The summed E-state index contributed by atoms with van der Waals surface area (Å²) in [7, 11) is 0. The molecule has 62 valence electrons. The van der Waals surface area contributed by atoms with Gasteiger partial charge in [-0.05, 0) is 13.8 Å². The topological polar surface area (TPSA) is 20.3 Å². The first-order chi connectivity index (χ1) is 5.02. The lowest BCUT2D eigenvalue weighted by Gasteiger charge is -2.23. The molecule has 0 aromatic heterocycles. The molecule has 2 nitrogen and oxygen atoms in total. The molecular formula is C8H12BrNO. The first kappa shape index (κ1) is 8.78. The zero-order chi connectivity index (χ0) is 8.48. The zero-order valence-corrected chi connectivity index (χ0v) is 8.39. The predicted octanol–water partition coefficient (Wildman–Crippen LogP) is 1.56. The van der Waals surface area contributed by atoms with Gasteiger partial charge in [-0.2, -0.15) is 0 Å². The number of hydrogen-bond acceptors (Lipinski definition) is 1. The minimum Gasteiger partial charge on any atom is -0.334 e. The molecule has 1 amide bonds. The van der Waals surface area contributed by atoms with Gasteiger partial charge in [-0.25, -0.2) is 0 Å². The normalized spacial score (nSPS) is 17.5. The third-order valence-electron chi connectivity index (χ3n) is 1.61. The summed E-state index contributed by atoms with van der Waals surface area (Å²) in [6, 6.07) is 0. The van der Waals surface area contributed by atoms with E-state index in [0.717, 1.165) is 13.1 Å². The molecule has 0 saturated carbocycles. The summed E-state index contributed by atoms with van der Waals surface area (Å²) in [6.45, 7) is 5.25. The highest BCUT2D eigenvalue weighted by atomic mass is 79.9. The van der Waals surface area contributed by atoms with Crippen molar-refractivity contribution in [3.8, 4) is 0 Å². The zero-order valence-electron chi connectivity index (χ0n) is 6.80. The van der Waals surface area contributed by atoms with Crippen LogP contribution in [0.1, 0.15) is 13.8 Å². The summed E-state index contributed by atoms with van der Waals surface area (Å²) in [6.07, 6.45) is 4.02. The molecule has 0 aliphatic carbocycles. The third-order valence-corrected chi connectivity index (χ3v) is 1.95. The van der Waals surface area contributed by atoms with Crippen molar-refractivity contribution in [2.24, 2.45) is 0 Å². The number of amides is 1. The number of alkyl halides is 1. The first-order valence-electron chi connectivity index (χ1n) is 3.65. The van der Waals surface area contributed by atoms with E-state index in [2.05, 4.69) is 15.9 Å². The molecule has 1 rings (SSSR count). The van der Waals surface area contributed by atoms with Gasteiger partial charge in [0.15, 0.2) is 0 Å². The van der Waals surface area contributed by atoms with Crippen LogP contribution in [-0.4, -0.2) is 28.2 Å². The van der Waals surface area contributed by atoms with Crippen molar-refractivity contribution in [3.05, 3.63) is 12.2 Å². The van der Waals surface area contributed by atoms with Crippen LogP contribution in [0.5, 0.6) is 0 Å². The summed E-state index contributed by atoms with van der Waals surface area (Å²) in [5.41, 5.74) is 0. The van der Waals surface area contributed by atoms with E-state index in [1.807, 2.05) is 30.9 Å². The lowest BCUT2D eigenvalue weighted by Crippen LogP contribution is -2.40. The van der Waals surface area contributed by atoms with Gasteiger partial charge in [0.05, 0.1) is 4.32 Å². The first-order valence-corrected chi connectivity index (χ1v) is 4.44.